The molecule has 516 valence electrons. The minimum Gasteiger partial charge on any atom is -0.504 e. The molecule has 0 amide bonds. The number of methoxy groups -OCH3 is 2. The Hall–Kier alpha value is -9.62. The lowest BCUT2D eigenvalue weighted by Gasteiger charge is -2.31. The minimum absolute atomic E-state index is 0.0276. The number of hydrogen-bond acceptors (Lipinski definition) is 10. The molecule has 1 aliphatic heterocycles. The summed E-state index contributed by atoms with van der Waals surface area (Å²) in [5.41, 5.74) is -3.00. The zero-order chi connectivity index (χ0) is 72.6. The van der Waals surface area contributed by atoms with Crippen LogP contribution in [0, 0.1) is 107 Å². The first kappa shape index (κ1) is 69.7. The van der Waals surface area contributed by atoms with Crippen LogP contribution in [0.15, 0.2) is 48.5 Å². The molecule has 1 unspecified atom stereocenters. The van der Waals surface area contributed by atoms with Crippen molar-refractivity contribution in [3.8, 4) is 57.5 Å². The van der Waals surface area contributed by atoms with Gasteiger partial charge in [0.2, 0.25) is 40.5 Å². The van der Waals surface area contributed by atoms with Gasteiger partial charge in [0, 0.05) is 10.8 Å². The molecule has 0 aromatic heterocycles. The molecule has 1 heterocycles. The number of phenolic OH excluding ortho intramolecular Hbond substituents is 4. The molecule has 2 spiro atoms. The van der Waals surface area contributed by atoms with Crippen LogP contribution in [0.5, 0.6) is 57.5 Å². The summed E-state index contributed by atoms with van der Waals surface area (Å²) < 4.78 is 246. The monoisotopic (exact) mass is 1380 g/mol. The average Bonchev–Trinajstić information content (AvgIpc) is 1.52. The minimum atomic E-state index is -2.72. The fourth-order valence-corrected chi connectivity index (χ4v) is 15.3. The third kappa shape index (κ3) is 10.0. The van der Waals surface area contributed by atoms with Crippen molar-refractivity contribution in [2.24, 2.45) is 0 Å². The number of rotatable bonds is 6. The van der Waals surface area contributed by atoms with Gasteiger partial charge >= 0.3 is 0 Å². The molecular formula is C72H56F16O10. The summed E-state index contributed by atoms with van der Waals surface area (Å²) in [6, 6.07) is 14.0. The van der Waals surface area contributed by atoms with Gasteiger partial charge in [0.05, 0.1) is 19.8 Å². The van der Waals surface area contributed by atoms with Crippen LogP contribution >= 0.6 is 0 Å². The van der Waals surface area contributed by atoms with Gasteiger partial charge in [-0.2, -0.15) is 4.39 Å². The van der Waals surface area contributed by atoms with Crippen LogP contribution in [0.3, 0.4) is 0 Å². The summed E-state index contributed by atoms with van der Waals surface area (Å²) in [6.07, 6.45) is 2.97. The summed E-state index contributed by atoms with van der Waals surface area (Å²) in [5, 5.41) is 40.3. The molecular weight excluding hydrogens is 1330 g/mol. The lowest BCUT2D eigenvalue weighted by molar-refractivity contribution is 0.100. The van der Waals surface area contributed by atoms with E-state index in [0.29, 0.717) is 24.3 Å². The standard InChI is InChI=1S/C38H32F6O5.C21H24O4.C13F10O/c1-15-16(2)28(40)29(41)25(27(15)39)33(45)26-30(42)32(44)35-34(31(26)43)48-23-10-18-20(12-24(23)49-35)38(14-37(18,5)6)13-36(3,4)17-9-21(46-7)22(47-8)11-19(17)38;1-19(2)9-21(13-7-17(24)15(22)5-11(13)19)10-20(3,4)12-6-16(23)18(25)8-14(12)21;14-3-1(4(15)8(19)11(22)7(3)18)13(24)2-5(16)9(20)12(23)10(21)6(2)17/h9-12H,13-14H2,1-8H3;5-8,22-25H,9-10H2,1-4H3;. The highest BCUT2D eigenvalue weighted by molar-refractivity contribution is 6.11. The van der Waals surface area contributed by atoms with Crippen molar-refractivity contribution in [3.63, 3.8) is 0 Å². The van der Waals surface area contributed by atoms with Crippen LogP contribution < -0.4 is 18.9 Å². The topological polar surface area (TPSA) is 152 Å². The molecule has 0 saturated carbocycles. The van der Waals surface area contributed by atoms with Crippen LogP contribution in [0.4, 0.5) is 70.2 Å². The molecule has 8 aromatic carbocycles. The van der Waals surface area contributed by atoms with Gasteiger partial charge in [-0.3, -0.25) is 9.59 Å². The van der Waals surface area contributed by atoms with Crippen molar-refractivity contribution in [1.82, 2.24) is 0 Å². The highest BCUT2D eigenvalue weighted by Crippen LogP contribution is 2.67. The summed E-state index contributed by atoms with van der Waals surface area (Å²) in [6.45, 7) is 19.1. The van der Waals surface area contributed by atoms with Crippen molar-refractivity contribution in [1.29, 1.82) is 0 Å². The SMILES string of the molecule is CC1(C)CC2(CC(C)(C)c3cc(O)c(O)cc32)c2cc(O)c(O)cc21.COc1cc2c(cc1OC)C1(CC2(C)C)CC(C)(C)c2cc3c(cc21)Oc1c(F)c(F)c(C(=O)c2c(F)c(C)c(C)c(F)c2F)c(F)c1O3.O=C(c1c(F)c(F)c(F)c(F)c1F)c1c(F)c(F)c(F)c(F)c1F. The second-order valence-electron chi connectivity index (χ2n) is 27.6. The van der Waals surface area contributed by atoms with Gasteiger partial charge in [0.25, 0.3) is 0 Å². The molecule has 0 radical (unpaired) electrons. The number of ketones is 2. The van der Waals surface area contributed by atoms with Crippen molar-refractivity contribution < 1.29 is 119 Å². The smallest absolute Gasteiger partial charge is 0.211 e. The number of fused-ring (bicyclic) bond motifs is 10. The lowest BCUT2D eigenvalue weighted by atomic mass is 9.72. The zero-order valence-corrected chi connectivity index (χ0v) is 53.7. The maximum absolute atomic E-state index is 16.0. The van der Waals surface area contributed by atoms with Gasteiger partial charge in [0.1, 0.15) is 22.5 Å². The molecule has 4 N–H and O–H groups in total. The van der Waals surface area contributed by atoms with Gasteiger partial charge in [-0.1, -0.05) is 55.4 Å². The Morgan fingerprint density at radius 3 is 0.929 bits per heavy atom. The summed E-state index contributed by atoms with van der Waals surface area (Å²) in [7, 11) is 3.13. The van der Waals surface area contributed by atoms with Crippen LogP contribution in [0.1, 0.15) is 169 Å². The van der Waals surface area contributed by atoms with E-state index in [1.807, 2.05) is 12.1 Å². The molecule has 13 rings (SSSR count). The van der Waals surface area contributed by atoms with E-state index in [1.54, 1.807) is 50.6 Å². The predicted molar refractivity (Wildman–Crippen MR) is 319 cm³/mol. The van der Waals surface area contributed by atoms with Crippen LogP contribution in [-0.2, 0) is 32.5 Å². The van der Waals surface area contributed by atoms with E-state index in [2.05, 4.69) is 55.4 Å². The molecule has 5 aliphatic rings. The van der Waals surface area contributed by atoms with E-state index in [-0.39, 0.29) is 56.2 Å². The van der Waals surface area contributed by atoms with Crippen molar-refractivity contribution in [3.05, 3.63) is 219 Å². The van der Waals surface area contributed by atoms with Crippen molar-refractivity contribution in [2.45, 2.75) is 127 Å². The number of benzene rings is 8. The van der Waals surface area contributed by atoms with E-state index in [9.17, 15) is 82.7 Å². The van der Waals surface area contributed by atoms with Crippen LogP contribution in [0.2, 0.25) is 0 Å². The number of carbonyl (C=O) groups is 2. The maximum Gasteiger partial charge on any atom is 0.211 e. The predicted octanol–water partition coefficient (Wildman–Crippen LogP) is 18.4. The molecule has 10 nitrogen and oxygen atoms in total. The Labute approximate surface area is 547 Å². The van der Waals surface area contributed by atoms with E-state index >= 15 is 17.6 Å². The first-order chi connectivity index (χ1) is 45.4. The van der Waals surface area contributed by atoms with E-state index < -0.39 is 160 Å². The number of hydrogen-bond donors (Lipinski definition) is 4. The van der Waals surface area contributed by atoms with E-state index in [1.165, 1.54) is 0 Å². The molecule has 0 saturated heterocycles. The molecule has 8 aromatic rings. The number of aromatic hydroxyl groups is 4. The highest BCUT2D eigenvalue weighted by atomic mass is 19.2. The Bertz CT molecular complexity index is 4650. The molecule has 0 bridgehead atoms. The first-order valence-corrected chi connectivity index (χ1v) is 29.8. The highest BCUT2D eigenvalue weighted by Gasteiger charge is 2.59. The molecule has 1 atom stereocenters. The Morgan fingerprint density at radius 2 is 0.561 bits per heavy atom. The number of carbonyl (C=O) groups excluding carboxylic acids is 2. The van der Waals surface area contributed by atoms with Crippen LogP contribution in [0.25, 0.3) is 0 Å². The first-order valence-electron chi connectivity index (χ1n) is 29.8. The Balaban J connectivity index is 0.000000166. The third-order valence-corrected chi connectivity index (χ3v) is 19.6. The van der Waals surface area contributed by atoms with Gasteiger partial charge in [-0.25, -0.2) is 65.9 Å². The van der Waals surface area contributed by atoms with Gasteiger partial charge in [0.15, 0.2) is 116 Å². The van der Waals surface area contributed by atoms with E-state index in [4.69, 9.17) is 18.9 Å². The fourth-order valence-electron chi connectivity index (χ4n) is 15.3. The fraction of sp³-hybridized carbons (Fsp3) is 0.306. The maximum atomic E-state index is 16.0. The van der Waals surface area contributed by atoms with Gasteiger partial charge < -0.3 is 39.4 Å². The zero-order valence-electron chi connectivity index (χ0n) is 53.7. The average molecular weight is 1390 g/mol. The summed E-state index contributed by atoms with van der Waals surface area (Å²) in [4.78, 5) is 24.9. The Kier molecular flexibility index (Phi) is 16.4. The normalized spacial score (nSPS) is 17.7. The largest absolute Gasteiger partial charge is 0.504 e. The lowest BCUT2D eigenvalue weighted by Crippen LogP contribution is -2.27. The molecule has 26 heteroatoms. The molecule has 0 fully saturated rings. The number of phenols is 4. The Morgan fingerprint density at radius 1 is 0.327 bits per heavy atom. The van der Waals surface area contributed by atoms with E-state index in [0.717, 1.165) is 71.2 Å². The molecule has 98 heavy (non-hydrogen) atoms. The molecule has 4 aliphatic carbocycles. The number of ether oxygens (including phenoxy) is 4. The third-order valence-electron chi connectivity index (χ3n) is 19.6. The second-order valence-corrected chi connectivity index (χ2v) is 27.6. The summed E-state index contributed by atoms with van der Waals surface area (Å²) >= 11 is 0. The quantitative estimate of drug-likeness (QED) is 0.0416. The van der Waals surface area contributed by atoms with Crippen molar-refractivity contribution >= 4 is 11.6 Å². The van der Waals surface area contributed by atoms with Gasteiger partial charge in [-0.15, -0.1) is 0 Å². The van der Waals surface area contributed by atoms with Crippen LogP contribution in [-0.4, -0.2) is 46.2 Å². The van der Waals surface area contributed by atoms with Crippen molar-refractivity contribution in [2.75, 3.05) is 14.2 Å². The second kappa shape index (κ2) is 23.0. The summed E-state index contributed by atoms with van der Waals surface area (Å²) in [5.74, 6) is -43.7. The number of halogens is 16. The van der Waals surface area contributed by atoms with Gasteiger partial charge in [-0.05, 0) is 165 Å².